The third-order valence-corrected chi connectivity index (χ3v) is 2.33. The largest absolute Gasteiger partial charge is 0.355 e. The highest BCUT2D eigenvalue weighted by Crippen LogP contribution is 1.98. The maximum absolute atomic E-state index is 11.4. The van der Waals surface area contributed by atoms with Crippen LogP contribution >= 0.6 is 0 Å². The average Bonchev–Trinajstić information content (AvgIpc) is 2.13. The number of nitrogens with one attached hydrogen (secondary N) is 1. The van der Waals surface area contributed by atoms with E-state index in [2.05, 4.69) is 5.32 Å². The van der Waals surface area contributed by atoms with Crippen molar-refractivity contribution in [3.8, 4) is 0 Å². The van der Waals surface area contributed by atoms with Gasteiger partial charge in [-0.2, -0.15) is 0 Å². The zero-order valence-corrected chi connectivity index (χ0v) is 9.71. The number of hydrogen-bond donors (Lipinski definition) is 2. The summed E-state index contributed by atoms with van der Waals surface area (Å²) in [5, 5.41) is 2.80. The summed E-state index contributed by atoms with van der Waals surface area (Å²) < 4.78 is 0. The van der Waals surface area contributed by atoms with E-state index in [1.807, 2.05) is 32.7 Å². The normalized spacial score (nSPS) is 15.3. The molecule has 0 aromatic heterocycles. The van der Waals surface area contributed by atoms with Gasteiger partial charge in [-0.25, -0.2) is 0 Å². The second-order valence-corrected chi connectivity index (χ2v) is 3.82. The molecule has 14 heavy (non-hydrogen) atoms. The van der Waals surface area contributed by atoms with Crippen molar-refractivity contribution in [2.24, 2.45) is 5.73 Å². The van der Waals surface area contributed by atoms with Gasteiger partial charge < -0.3 is 11.1 Å². The van der Waals surface area contributed by atoms with Gasteiger partial charge in [-0.1, -0.05) is 0 Å². The van der Waals surface area contributed by atoms with Crippen LogP contribution < -0.4 is 11.1 Å². The van der Waals surface area contributed by atoms with Gasteiger partial charge in [0.2, 0.25) is 5.91 Å². The molecule has 0 aliphatic rings. The number of nitrogens with two attached hydrogens (primary N) is 1. The molecule has 0 saturated heterocycles. The molecule has 2 atom stereocenters. The van der Waals surface area contributed by atoms with Gasteiger partial charge in [0, 0.05) is 19.1 Å². The quantitative estimate of drug-likeness (QED) is 0.644. The van der Waals surface area contributed by atoms with Gasteiger partial charge in [-0.05, 0) is 34.2 Å². The molecule has 4 heteroatoms. The molecule has 0 saturated carbocycles. The van der Waals surface area contributed by atoms with Crippen molar-refractivity contribution >= 4 is 5.91 Å². The average molecular weight is 201 g/mol. The lowest BCUT2D eigenvalue weighted by Crippen LogP contribution is -2.44. The summed E-state index contributed by atoms with van der Waals surface area (Å²) in [6.07, 6.45) is 0.917. The van der Waals surface area contributed by atoms with Crippen molar-refractivity contribution in [1.82, 2.24) is 10.2 Å². The fraction of sp³-hybridized carbons (Fsp3) is 0.900. The molecule has 0 rings (SSSR count). The minimum Gasteiger partial charge on any atom is -0.355 e. The van der Waals surface area contributed by atoms with E-state index in [4.69, 9.17) is 5.73 Å². The molecule has 0 aromatic rings. The predicted octanol–water partition coefficient (Wildman–Crippen LogP) is 0.180. The highest BCUT2D eigenvalue weighted by molar-refractivity contribution is 5.81. The van der Waals surface area contributed by atoms with Crippen molar-refractivity contribution in [2.75, 3.05) is 20.1 Å². The Kier molecular flexibility index (Phi) is 6.49. The number of rotatable bonds is 6. The van der Waals surface area contributed by atoms with Crippen LogP contribution in [0.2, 0.25) is 0 Å². The molecule has 0 fully saturated rings. The van der Waals surface area contributed by atoms with E-state index >= 15 is 0 Å². The van der Waals surface area contributed by atoms with Crippen LogP contribution in [-0.2, 0) is 4.79 Å². The van der Waals surface area contributed by atoms with Crippen LogP contribution in [0.15, 0.2) is 0 Å². The molecule has 3 N–H and O–H groups in total. The van der Waals surface area contributed by atoms with Gasteiger partial charge in [0.25, 0.3) is 0 Å². The van der Waals surface area contributed by atoms with Crippen LogP contribution in [0.25, 0.3) is 0 Å². The molecule has 0 aromatic carbocycles. The van der Waals surface area contributed by atoms with Crippen LogP contribution in [-0.4, -0.2) is 43.0 Å². The second kappa shape index (κ2) is 6.79. The Bertz CT molecular complexity index is 171. The topological polar surface area (TPSA) is 58.4 Å². The van der Waals surface area contributed by atoms with Crippen molar-refractivity contribution < 1.29 is 4.79 Å². The third-order valence-electron chi connectivity index (χ3n) is 2.33. The van der Waals surface area contributed by atoms with Crippen molar-refractivity contribution in [3.63, 3.8) is 0 Å². The van der Waals surface area contributed by atoms with Gasteiger partial charge in [-0.15, -0.1) is 0 Å². The smallest absolute Gasteiger partial charge is 0.237 e. The lowest BCUT2D eigenvalue weighted by atomic mass is 10.2. The molecule has 0 aliphatic carbocycles. The fourth-order valence-electron chi connectivity index (χ4n) is 1.12. The molecular formula is C10H23N3O. The summed E-state index contributed by atoms with van der Waals surface area (Å²) >= 11 is 0. The summed E-state index contributed by atoms with van der Waals surface area (Å²) in [5.74, 6) is 0.0830. The minimum absolute atomic E-state index is 0.0753. The maximum atomic E-state index is 11.4. The number of carbonyl (C=O) groups excluding carboxylic acids is 1. The van der Waals surface area contributed by atoms with Gasteiger partial charge in [0.1, 0.15) is 0 Å². The molecule has 0 heterocycles. The Morgan fingerprint density at radius 1 is 1.50 bits per heavy atom. The molecule has 0 aliphatic heterocycles. The summed E-state index contributed by atoms with van der Waals surface area (Å²) in [5.41, 5.74) is 5.65. The Balaban J connectivity index is 3.85. The number of amides is 1. The summed E-state index contributed by atoms with van der Waals surface area (Å²) in [6.45, 7) is 7.35. The van der Waals surface area contributed by atoms with Crippen LogP contribution in [0.5, 0.6) is 0 Å². The van der Waals surface area contributed by atoms with Crippen LogP contribution in [0.4, 0.5) is 0 Å². The van der Waals surface area contributed by atoms with E-state index in [0.717, 1.165) is 13.0 Å². The zero-order valence-electron chi connectivity index (χ0n) is 9.71. The minimum atomic E-state index is -0.0753. The summed E-state index contributed by atoms with van der Waals surface area (Å²) in [7, 11) is 1.95. The van der Waals surface area contributed by atoms with Crippen LogP contribution in [0.3, 0.4) is 0 Å². The first-order valence-electron chi connectivity index (χ1n) is 5.22. The first-order valence-corrected chi connectivity index (χ1v) is 5.22. The number of hydrogen-bond acceptors (Lipinski definition) is 3. The highest BCUT2D eigenvalue weighted by Gasteiger charge is 2.16. The van der Waals surface area contributed by atoms with E-state index in [1.165, 1.54) is 0 Å². The third kappa shape index (κ3) is 5.19. The van der Waals surface area contributed by atoms with Crippen molar-refractivity contribution in [1.29, 1.82) is 0 Å². The molecule has 84 valence electrons. The molecule has 0 bridgehead atoms. The van der Waals surface area contributed by atoms with Crippen molar-refractivity contribution in [2.45, 2.75) is 39.3 Å². The van der Waals surface area contributed by atoms with Gasteiger partial charge >= 0.3 is 0 Å². The monoisotopic (exact) mass is 201 g/mol. The Morgan fingerprint density at radius 3 is 2.50 bits per heavy atom. The zero-order chi connectivity index (χ0) is 11.1. The standard InChI is InChI=1S/C10H23N3O/c1-5-12-10(14)9(3)13(4)7-6-8(2)11/h8-9H,5-7,11H2,1-4H3,(H,12,14). The van der Waals surface area contributed by atoms with Gasteiger partial charge in [0.05, 0.1) is 6.04 Å². The highest BCUT2D eigenvalue weighted by atomic mass is 16.2. The van der Waals surface area contributed by atoms with E-state index in [1.54, 1.807) is 0 Å². The number of likely N-dealkylation sites (N-methyl/N-ethyl adjacent to an activating group) is 2. The lowest BCUT2D eigenvalue weighted by molar-refractivity contribution is -0.125. The number of carbonyl (C=O) groups is 1. The maximum Gasteiger partial charge on any atom is 0.237 e. The molecule has 0 spiro atoms. The summed E-state index contributed by atoms with van der Waals surface area (Å²) in [6, 6.07) is 0.118. The molecule has 1 amide bonds. The molecular weight excluding hydrogens is 178 g/mol. The van der Waals surface area contributed by atoms with E-state index in [-0.39, 0.29) is 18.0 Å². The summed E-state index contributed by atoms with van der Waals surface area (Å²) in [4.78, 5) is 13.5. The lowest BCUT2D eigenvalue weighted by Gasteiger charge is -2.24. The van der Waals surface area contributed by atoms with Gasteiger partial charge in [-0.3, -0.25) is 9.69 Å². The van der Waals surface area contributed by atoms with Gasteiger partial charge in [0.15, 0.2) is 0 Å². The van der Waals surface area contributed by atoms with Crippen LogP contribution in [0.1, 0.15) is 27.2 Å². The van der Waals surface area contributed by atoms with Crippen LogP contribution in [0, 0.1) is 0 Å². The SMILES string of the molecule is CCNC(=O)C(C)N(C)CCC(C)N. The predicted molar refractivity (Wildman–Crippen MR) is 59.0 cm³/mol. The molecule has 4 nitrogen and oxygen atoms in total. The van der Waals surface area contributed by atoms with E-state index < -0.39 is 0 Å². The first-order chi connectivity index (χ1) is 6.49. The Hall–Kier alpha value is -0.610. The second-order valence-electron chi connectivity index (χ2n) is 3.82. The Labute approximate surface area is 86.8 Å². The van der Waals surface area contributed by atoms with E-state index in [9.17, 15) is 4.79 Å². The molecule has 2 unspecified atom stereocenters. The van der Waals surface area contributed by atoms with E-state index in [0.29, 0.717) is 6.54 Å². The molecule has 0 radical (unpaired) electrons. The number of nitrogens with zero attached hydrogens (tertiary/aromatic N) is 1. The van der Waals surface area contributed by atoms with Crippen molar-refractivity contribution in [3.05, 3.63) is 0 Å². The Morgan fingerprint density at radius 2 is 2.07 bits per heavy atom. The first kappa shape index (κ1) is 13.4. The fourth-order valence-corrected chi connectivity index (χ4v) is 1.12.